The van der Waals surface area contributed by atoms with Crippen LogP contribution in [0.15, 0.2) is 42.5 Å². The van der Waals surface area contributed by atoms with Gasteiger partial charge in [-0.1, -0.05) is 6.92 Å². The van der Waals surface area contributed by atoms with E-state index in [-0.39, 0.29) is 42.6 Å². The maximum absolute atomic E-state index is 13.5. The molecule has 0 bridgehead atoms. The molecule has 218 valence electrons. The van der Waals surface area contributed by atoms with E-state index in [1.54, 1.807) is 14.0 Å². The van der Waals surface area contributed by atoms with Gasteiger partial charge in [-0.2, -0.15) is 13.2 Å². The highest BCUT2D eigenvalue weighted by molar-refractivity contribution is 6.00. The summed E-state index contributed by atoms with van der Waals surface area (Å²) in [5.74, 6) is -1.94. The van der Waals surface area contributed by atoms with E-state index in [1.807, 2.05) is 6.92 Å². The first-order valence-electron chi connectivity index (χ1n) is 12.6. The van der Waals surface area contributed by atoms with Gasteiger partial charge in [0.25, 0.3) is 5.91 Å². The molecule has 0 unspecified atom stereocenters. The second kappa shape index (κ2) is 13.0. The van der Waals surface area contributed by atoms with Crippen LogP contribution in [0.3, 0.4) is 0 Å². The lowest BCUT2D eigenvalue weighted by atomic mass is 9.99. The standard InChI is InChI=1S/C27H32F4N4O5/c1-16-13-35(17(2)15-36)25(38)21-12-20(32-24(37)10-11-27(29,30)31)8-9-22(21)40-23(16)14-34(3)26(39)33-19-6-4-18(28)5-7-19/h4-9,12,16-17,23,36H,10-11,13-15H2,1-3H3,(H,32,37)(H,33,39)/t16-,17+,23+/m0/s1. The van der Waals surface area contributed by atoms with Gasteiger partial charge in [0, 0.05) is 37.3 Å². The predicted octanol–water partition coefficient (Wildman–Crippen LogP) is 4.49. The van der Waals surface area contributed by atoms with Crippen LogP contribution in [-0.2, 0) is 4.79 Å². The molecule has 3 rings (SSSR count). The van der Waals surface area contributed by atoms with Gasteiger partial charge in [-0.15, -0.1) is 0 Å². The summed E-state index contributed by atoms with van der Waals surface area (Å²) in [5.41, 5.74) is 0.554. The van der Waals surface area contributed by atoms with Gasteiger partial charge >= 0.3 is 12.2 Å². The van der Waals surface area contributed by atoms with Crippen molar-refractivity contribution in [2.75, 3.05) is 37.4 Å². The van der Waals surface area contributed by atoms with E-state index in [9.17, 15) is 37.1 Å². The number of amides is 4. The SMILES string of the molecule is C[C@H](CO)N1C[C@H](C)[C@@H](CN(C)C(=O)Nc2ccc(F)cc2)Oc2ccc(NC(=O)CCC(F)(F)F)cc2C1=O. The van der Waals surface area contributed by atoms with E-state index in [0.717, 1.165) is 0 Å². The highest BCUT2D eigenvalue weighted by Gasteiger charge is 2.34. The Kier molecular flexibility index (Phi) is 9.96. The Bertz CT molecular complexity index is 1210. The highest BCUT2D eigenvalue weighted by Crippen LogP contribution is 2.31. The summed E-state index contributed by atoms with van der Waals surface area (Å²) in [5, 5.41) is 14.8. The molecule has 0 saturated heterocycles. The molecule has 1 heterocycles. The molecule has 3 atom stereocenters. The van der Waals surface area contributed by atoms with Crippen molar-refractivity contribution in [3.63, 3.8) is 0 Å². The number of carbonyl (C=O) groups is 3. The number of ether oxygens (including phenoxy) is 1. The summed E-state index contributed by atoms with van der Waals surface area (Å²) >= 11 is 0. The predicted molar refractivity (Wildman–Crippen MR) is 140 cm³/mol. The average Bonchev–Trinajstić information content (AvgIpc) is 2.90. The first-order chi connectivity index (χ1) is 18.8. The number of aliphatic hydroxyl groups excluding tert-OH is 1. The number of rotatable bonds is 8. The van der Waals surface area contributed by atoms with E-state index < -0.39 is 54.8 Å². The number of nitrogens with one attached hydrogen (secondary N) is 2. The van der Waals surface area contributed by atoms with Gasteiger partial charge in [0.15, 0.2) is 0 Å². The number of carbonyl (C=O) groups excluding carboxylic acids is 3. The summed E-state index contributed by atoms with van der Waals surface area (Å²) in [6.45, 7) is 3.43. The molecule has 0 saturated carbocycles. The Labute approximate surface area is 229 Å². The molecule has 0 spiro atoms. The van der Waals surface area contributed by atoms with Crippen LogP contribution >= 0.6 is 0 Å². The Morgan fingerprint density at radius 2 is 1.80 bits per heavy atom. The van der Waals surface area contributed by atoms with E-state index in [0.29, 0.717) is 5.69 Å². The molecule has 4 amide bonds. The van der Waals surface area contributed by atoms with E-state index >= 15 is 0 Å². The van der Waals surface area contributed by atoms with Crippen molar-refractivity contribution in [3.8, 4) is 5.75 Å². The van der Waals surface area contributed by atoms with E-state index in [1.165, 1.54) is 52.3 Å². The van der Waals surface area contributed by atoms with Gasteiger partial charge in [-0.25, -0.2) is 9.18 Å². The van der Waals surface area contributed by atoms with Crippen molar-refractivity contribution in [3.05, 3.63) is 53.8 Å². The molecule has 13 heteroatoms. The maximum atomic E-state index is 13.5. The number of anilines is 2. The van der Waals surface area contributed by atoms with Crippen molar-refractivity contribution < 1.29 is 41.8 Å². The number of likely N-dealkylation sites (N-methyl/N-ethyl adjacent to an activating group) is 1. The Morgan fingerprint density at radius 1 is 1.15 bits per heavy atom. The minimum atomic E-state index is -4.48. The Balaban J connectivity index is 1.83. The van der Waals surface area contributed by atoms with Gasteiger partial charge in [-0.3, -0.25) is 9.59 Å². The number of halogens is 4. The summed E-state index contributed by atoms with van der Waals surface area (Å²) < 4.78 is 56.8. The molecule has 2 aromatic carbocycles. The normalized spacial score (nSPS) is 18.1. The number of urea groups is 1. The molecule has 3 N–H and O–H groups in total. The van der Waals surface area contributed by atoms with Crippen molar-refractivity contribution in [1.29, 1.82) is 0 Å². The topological polar surface area (TPSA) is 111 Å². The van der Waals surface area contributed by atoms with Crippen LogP contribution in [0.1, 0.15) is 37.0 Å². The van der Waals surface area contributed by atoms with Crippen LogP contribution in [0.2, 0.25) is 0 Å². The molecule has 0 radical (unpaired) electrons. The molecular weight excluding hydrogens is 536 g/mol. The molecule has 1 aliphatic rings. The quantitative estimate of drug-likeness (QED) is 0.407. The fourth-order valence-corrected chi connectivity index (χ4v) is 4.10. The van der Waals surface area contributed by atoms with Gasteiger partial charge in [0.2, 0.25) is 5.91 Å². The molecule has 0 aromatic heterocycles. The largest absolute Gasteiger partial charge is 0.487 e. The number of alkyl halides is 3. The number of fused-ring (bicyclic) bond motifs is 1. The number of aliphatic hydroxyl groups is 1. The van der Waals surface area contributed by atoms with Gasteiger partial charge in [0.1, 0.15) is 17.7 Å². The second-order valence-electron chi connectivity index (χ2n) is 9.81. The Morgan fingerprint density at radius 3 is 2.42 bits per heavy atom. The van der Waals surface area contributed by atoms with Crippen LogP contribution in [0, 0.1) is 11.7 Å². The number of hydrogen-bond acceptors (Lipinski definition) is 5. The van der Waals surface area contributed by atoms with Crippen molar-refractivity contribution in [2.45, 2.75) is 45.0 Å². The minimum Gasteiger partial charge on any atom is -0.487 e. The van der Waals surface area contributed by atoms with Crippen molar-refractivity contribution >= 4 is 29.2 Å². The van der Waals surface area contributed by atoms with E-state index in [2.05, 4.69) is 10.6 Å². The zero-order valence-electron chi connectivity index (χ0n) is 22.3. The third-order valence-electron chi connectivity index (χ3n) is 6.48. The van der Waals surface area contributed by atoms with Gasteiger partial charge < -0.3 is 30.3 Å². The lowest BCUT2D eigenvalue weighted by Gasteiger charge is -2.38. The zero-order chi connectivity index (χ0) is 29.6. The third kappa shape index (κ3) is 8.31. The van der Waals surface area contributed by atoms with Crippen molar-refractivity contribution in [2.24, 2.45) is 5.92 Å². The van der Waals surface area contributed by atoms with Crippen molar-refractivity contribution in [1.82, 2.24) is 9.80 Å². The summed E-state index contributed by atoms with van der Waals surface area (Å²) in [4.78, 5) is 41.1. The molecule has 2 aromatic rings. The summed E-state index contributed by atoms with van der Waals surface area (Å²) in [6, 6.07) is 8.38. The fraction of sp³-hybridized carbons (Fsp3) is 0.444. The molecule has 1 aliphatic heterocycles. The lowest BCUT2D eigenvalue weighted by Crippen LogP contribution is -2.50. The monoisotopic (exact) mass is 568 g/mol. The van der Waals surface area contributed by atoms with Crippen LogP contribution in [0.25, 0.3) is 0 Å². The minimum absolute atomic E-state index is 0.0456. The average molecular weight is 569 g/mol. The highest BCUT2D eigenvalue weighted by atomic mass is 19.4. The first-order valence-corrected chi connectivity index (χ1v) is 12.6. The molecule has 0 aliphatic carbocycles. The molecule has 40 heavy (non-hydrogen) atoms. The summed E-state index contributed by atoms with van der Waals surface area (Å²) in [6.07, 6.45) is -7.15. The third-order valence-corrected chi connectivity index (χ3v) is 6.48. The number of nitrogens with zero attached hydrogens (tertiary/aromatic N) is 2. The summed E-state index contributed by atoms with van der Waals surface area (Å²) in [7, 11) is 1.55. The molecular formula is C27H32F4N4O5. The molecule has 9 nitrogen and oxygen atoms in total. The number of benzene rings is 2. The lowest BCUT2D eigenvalue weighted by molar-refractivity contribution is -0.142. The number of hydrogen-bond donors (Lipinski definition) is 3. The first kappa shape index (κ1) is 30.7. The maximum Gasteiger partial charge on any atom is 0.389 e. The van der Waals surface area contributed by atoms with Crippen LogP contribution < -0.4 is 15.4 Å². The van der Waals surface area contributed by atoms with Crippen LogP contribution in [-0.4, -0.2) is 77.8 Å². The zero-order valence-corrected chi connectivity index (χ0v) is 22.3. The second-order valence-corrected chi connectivity index (χ2v) is 9.81. The molecule has 0 fully saturated rings. The van der Waals surface area contributed by atoms with Crippen LogP contribution in [0.4, 0.5) is 33.7 Å². The smallest absolute Gasteiger partial charge is 0.389 e. The fourth-order valence-electron chi connectivity index (χ4n) is 4.10. The Hall–Kier alpha value is -3.87. The van der Waals surface area contributed by atoms with Crippen LogP contribution in [0.5, 0.6) is 5.75 Å². The van der Waals surface area contributed by atoms with E-state index in [4.69, 9.17) is 4.74 Å². The van der Waals surface area contributed by atoms with Gasteiger partial charge in [0.05, 0.1) is 31.2 Å². The van der Waals surface area contributed by atoms with Gasteiger partial charge in [-0.05, 0) is 49.4 Å².